The van der Waals surface area contributed by atoms with E-state index in [2.05, 4.69) is 0 Å². The van der Waals surface area contributed by atoms with Crippen LogP contribution >= 0.6 is 0 Å². The normalized spacial score (nSPS) is 21.6. The Morgan fingerprint density at radius 3 is 3.00 bits per heavy atom. The number of hydrogen-bond donors (Lipinski definition) is 1. The number of aryl methyl sites for hydroxylation is 1. The average Bonchev–Trinajstić information content (AvgIpc) is 2.78. The van der Waals surface area contributed by atoms with Crippen LogP contribution in [0.1, 0.15) is 62.1 Å². The van der Waals surface area contributed by atoms with Gasteiger partial charge in [0, 0.05) is 19.0 Å². The first kappa shape index (κ1) is 15.1. The van der Waals surface area contributed by atoms with Gasteiger partial charge in [0.2, 0.25) is 0 Å². The standard InChI is InChI=1S/C16H25NO3/c1-3-15-14(8-10-20-15)16(19)17-9-6-4-5-7-13(17)11-12(2)18/h8,10,12-13,18H,3-7,9,11H2,1-2H3. The van der Waals surface area contributed by atoms with E-state index in [-0.39, 0.29) is 18.1 Å². The van der Waals surface area contributed by atoms with Crippen LogP contribution in [0.5, 0.6) is 0 Å². The molecule has 1 aliphatic heterocycles. The van der Waals surface area contributed by atoms with Gasteiger partial charge in [-0.3, -0.25) is 4.79 Å². The molecule has 4 nitrogen and oxygen atoms in total. The van der Waals surface area contributed by atoms with Crippen molar-refractivity contribution in [3.63, 3.8) is 0 Å². The molecule has 1 N–H and O–H groups in total. The lowest BCUT2D eigenvalue weighted by Crippen LogP contribution is -2.41. The Labute approximate surface area is 120 Å². The third-order valence-corrected chi connectivity index (χ3v) is 4.05. The molecule has 20 heavy (non-hydrogen) atoms. The molecule has 4 heteroatoms. The quantitative estimate of drug-likeness (QED) is 0.921. The first-order chi connectivity index (χ1) is 9.63. The van der Waals surface area contributed by atoms with E-state index in [4.69, 9.17) is 4.42 Å². The molecule has 1 aromatic rings. The van der Waals surface area contributed by atoms with Crippen LogP contribution in [-0.2, 0) is 6.42 Å². The molecule has 2 unspecified atom stereocenters. The summed E-state index contributed by atoms with van der Waals surface area (Å²) >= 11 is 0. The Morgan fingerprint density at radius 1 is 1.50 bits per heavy atom. The number of nitrogens with zero attached hydrogens (tertiary/aromatic N) is 1. The number of aliphatic hydroxyl groups excluding tert-OH is 1. The maximum absolute atomic E-state index is 12.8. The van der Waals surface area contributed by atoms with Crippen molar-refractivity contribution in [1.82, 2.24) is 4.90 Å². The summed E-state index contributed by atoms with van der Waals surface area (Å²) in [7, 11) is 0. The second-order valence-electron chi connectivity index (χ2n) is 5.70. The van der Waals surface area contributed by atoms with Gasteiger partial charge >= 0.3 is 0 Å². The van der Waals surface area contributed by atoms with E-state index in [0.717, 1.165) is 44.4 Å². The number of rotatable bonds is 4. The summed E-state index contributed by atoms with van der Waals surface area (Å²) in [6.45, 7) is 4.57. The summed E-state index contributed by atoms with van der Waals surface area (Å²) in [4.78, 5) is 14.7. The number of furan rings is 1. The molecule has 0 aromatic carbocycles. The summed E-state index contributed by atoms with van der Waals surface area (Å²) in [6, 6.07) is 1.91. The van der Waals surface area contributed by atoms with E-state index < -0.39 is 0 Å². The third kappa shape index (κ3) is 3.42. The molecular weight excluding hydrogens is 254 g/mol. The lowest BCUT2D eigenvalue weighted by atomic mass is 10.0. The van der Waals surface area contributed by atoms with Crippen molar-refractivity contribution in [3.05, 3.63) is 23.7 Å². The molecule has 1 fully saturated rings. The van der Waals surface area contributed by atoms with Gasteiger partial charge in [-0.15, -0.1) is 0 Å². The molecule has 0 spiro atoms. The molecule has 1 amide bonds. The third-order valence-electron chi connectivity index (χ3n) is 4.05. The first-order valence-electron chi connectivity index (χ1n) is 7.68. The highest BCUT2D eigenvalue weighted by molar-refractivity contribution is 5.95. The molecule has 0 radical (unpaired) electrons. The van der Waals surface area contributed by atoms with Crippen LogP contribution in [-0.4, -0.2) is 34.6 Å². The number of likely N-dealkylation sites (tertiary alicyclic amines) is 1. The molecule has 0 aliphatic carbocycles. The summed E-state index contributed by atoms with van der Waals surface area (Å²) in [5, 5.41) is 9.67. The minimum atomic E-state index is -0.372. The van der Waals surface area contributed by atoms with Crippen molar-refractivity contribution < 1.29 is 14.3 Å². The lowest BCUT2D eigenvalue weighted by molar-refractivity contribution is 0.0605. The van der Waals surface area contributed by atoms with E-state index in [1.165, 1.54) is 0 Å². The predicted molar refractivity (Wildman–Crippen MR) is 77.7 cm³/mol. The Balaban J connectivity index is 2.19. The summed E-state index contributed by atoms with van der Waals surface area (Å²) in [5.74, 6) is 0.818. The van der Waals surface area contributed by atoms with Crippen molar-refractivity contribution in [2.45, 2.75) is 64.5 Å². The minimum absolute atomic E-state index is 0.0585. The number of amides is 1. The molecule has 2 atom stereocenters. The number of aliphatic hydroxyl groups is 1. The van der Waals surface area contributed by atoms with Gasteiger partial charge in [0.05, 0.1) is 17.9 Å². The maximum atomic E-state index is 12.8. The second-order valence-corrected chi connectivity index (χ2v) is 5.70. The molecule has 0 saturated carbocycles. The molecule has 0 bridgehead atoms. The van der Waals surface area contributed by atoms with Crippen molar-refractivity contribution in [3.8, 4) is 0 Å². The molecule has 112 valence electrons. The molecule has 1 aromatic heterocycles. The van der Waals surface area contributed by atoms with Gasteiger partial charge in [0.25, 0.3) is 5.91 Å². The summed E-state index contributed by atoms with van der Waals surface area (Å²) in [5.41, 5.74) is 0.685. The highest BCUT2D eigenvalue weighted by atomic mass is 16.3. The smallest absolute Gasteiger partial charge is 0.257 e. The fourth-order valence-corrected chi connectivity index (χ4v) is 3.04. The Kier molecular flexibility index (Phi) is 5.24. The van der Waals surface area contributed by atoms with Gasteiger partial charge in [-0.1, -0.05) is 19.8 Å². The number of carbonyl (C=O) groups excluding carboxylic acids is 1. The van der Waals surface area contributed by atoms with E-state index in [9.17, 15) is 9.90 Å². The Morgan fingerprint density at radius 2 is 2.30 bits per heavy atom. The van der Waals surface area contributed by atoms with Gasteiger partial charge in [-0.25, -0.2) is 0 Å². The molecule has 1 saturated heterocycles. The van der Waals surface area contributed by atoms with Crippen molar-refractivity contribution in [2.24, 2.45) is 0 Å². The highest BCUT2D eigenvalue weighted by Crippen LogP contribution is 2.24. The maximum Gasteiger partial charge on any atom is 0.257 e. The van der Waals surface area contributed by atoms with Gasteiger partial charge in [0.15, 0.2) is 0 Å². The highest BCUT2D eigenvalue weighted by Gasteiger charge is 2.28. The fourth-order valence-electron chi connectivity index (χ4n) is 3.04. The molecular formula is C16H25NO3. The van der Waals surface area contributed by atoms with Crippen LogP contribution in [0.3, 0.4) is 0 Å². The second kappa shape index (κ2) is 6.93. The first-order valence-corrected chi connectivity index (χ1v) is 7.68. The van der Waals surface area contributed by atoms with Gasteiger partial charge < -0.3 is 14.4 Å². The van der Waals surface area contributed by atoms with Crippen molar-refractivity contribution >= 4 is 5.91 Å². The van der Waals surface area contributed by atoms with Crippen LogP contribution in [0.25, 0.3) is 0 Å². The predicted octanol–water partition coefficient (Wildman–Crippen LogP) is 3.00. The van der Waals surface area contributed by atoms with E-state index in [1.807, 2.05) is 11.8 Å². The number of carbonyl (C=O) groups is 1. The summed E-state index contributed by atoms with van der Waals surface area (Å²) in [6.07, 6.45) is 6.92. The zero-order chi connectivity index (χ0) is 14.5. The van der Waals surface area contributed by atoms with Crippen LogP contribution in [0, 0.1) is 0 Å². The van der Waals surface area contributed by atoms with Crippen LogP contribution in [0.2, 0.25) is 0 Å². The van der Waals surface area contributed by atoms with Crippen LogP contribution < -0.4 is 0 Å². The SMILES string of the molecule is CCc1occc1C(=O)N1CCCCCC1CC(C)O. The van der Waals surface area contributed by atoms with E-state index in [0.29, 0.717) is 12.0 Å². The average molecular weight is 279 g/mol. The fraction of sp³-hybridized carbons (Fsp3) is 0.688. The zero-order valence-electron chi connectivity index (χ0n) is 12.5. The van der Waals surface area contributed by atoms with Gasteiger partial charge in [-0.05, 0) is 32.3 Å². The van der Waals surface area contributed by atoms with Crippen molar-refractivity contribution in [2.75, 3.05) is 6.54 Å². The minimum Gasteiger partial charge on any atom is -0.469 e. The number of hydrogen-bond acceptors (Lipinski definition) is 3. The Bertz CT molecular complexity index is 439. The zero-order valence-corrected chi connectivity index (χ0v) is 12.5. The van der Waals surface area contributed by atoms with E-state index in [1.54, 1.807) is 19.3 Å². The lowest BCUT2D eigenvalue weighted by Gasteiger charge is -2.31. The Hall–Kier alpha value is -1.29. The molecule has 1 aliphatic rings. The van der Waals surface area contributed by atoms with Gasteiger partial charge in [0.1, 0.15) is 5.76 Å². The molecule has 2 heterocycles. The summed E-state index contributed by atoms with van der Waals surface area (Å²) < 4.78 is 5.38. The van der Waals surface area contributed by atoms with Gasteiger partial charge in [-0.2, -0.15) is 0 Å². The topological polar surface area (TPSA) is 53.7 Å². The van der Waals surface area contributed by atoms with Crippen LogP contribution in [0.4, 0.5) is 0 Å². The largest absolute Gasteiger partial charge is 0.469 e. The van der Waals surface area contributed by atoms with E-state index >= 15 is 0 Å². The molecule has 2 rings (SSSR count). The van der Waals surface area contributed by atoms with Crippen molar-refractivity contribution in [1.29, 1.82) is 0 Å². The van der Waals surface area contributed by atoms with Crippen LogP contribution in [0.15, 0.2) is 16.7 Å². The monoisotopic (exact) mass is 279 g/mol.